The Balaban J connectivity index is 2.38. The summed E-state index contributed by atoms with van der Waals surface area (Å²) in [6.07, 6.45) is 2.62. The number of amidine groups is 1. The van der Waals surface area contributed by atoms with E-state index in [0.29, 0.717) is 17.6 Å². The predicted molar refractivity (Wildman–Crippen MR) is 63.2 cm³/mol. The van der Waals surface area contributed by atoms with E-state index in [2.05, 4.69) is 18.5 Å². The van der Waals surface area contributed by atoms with E-state index >= 15 is 0 Å². The molecule has 2 atom stereocenters. The highest BCUT2D eigenvalue weighted by Gasteiger charge is 2.54. The summed E-state index contributed by atoms with van der Waals surface area (Å²) >= 11 is 1.84. The molecular weight excluding hydrogens is 210 g/mol. The van der Waals surface area contributed by atoms with Crippen molar-refractivity contribution < 1.29 is 4.79 Å². The van der Waals surface area contributed by atoms with Crippen LogP contribution in [-0.2, 0) is 0 Å². The van der Waals surface area contributed by atoms with E-state index in [0.717, 1.165) is 12.2 Å². The molecule has 2 aliphatic rings. The third-order valence-corrected chi connectivity index (χ3v) is 4.54. The number of hydrogen-bond donors (Lipinski definition) is 1. The lowest BCUT2D eigenvalue weighted by Gasteiger charge is -2.36. The van der Waals surface area contributed by atoms with Crippen LogP contribution in [0.5, 0.6) is 0 Å². The molecule has 2 rings (SSSR count). The summed E-state index contributed by atoms with van der Waals surface area (Å²) in [7, 11) is 0. The minimum atomic E-state index is -0.351. The molecule has 1 fully saturated rings. The molecule has 0 aliphatic carbocycles. The van der Waals surface area contributed by atoms with E-state index < -0.39 is 0 Å². The standard InChI is InChI=1S/C10H15N3OS/c1-3-5-13-9(14)12-8(11)10(13)4-6-15-7(10)2/h3,7H,1,4-6H2,2H3,(H2,11,12,14). The Morgan fingerprint density at radius 1 is 1.87 bits per heavy atom. The number of carbonyl (C=O) groups excluding carboxylic acids is 1. The van der Waals surface area contributed by atoms with Crippen LogP contribution in [0.4, 0.5) is 4.79 Å². The summed E-state index contributed by atoms with van der Waals surface area (Å²) in [5.41, 5.74) is 5.57. The molecular formula is C10H15N3OS. The minimum absolute atomic E-state index is 0.221. The van der Waals surface area contributed by atoms with Crippen molar-refractivity contribution >= 4 is 23.6 Å². The third kappa shape index (κ3) is 1.29. The van der Waals surface area contributed by atoms with Crippen molar-refractivity contribution in [2.75, 3.05) is 12.3 Å². The molecule has 0 bridgehead atoms. The molecule has 0 radical (unpaired) electrons. The summed E-state index contributed by atoms with van der Waals surface area (Å²) < 4.78 is 0. The Morgan fingerprint density at radius 2 is 2.60 bits per heavy atom. The van der Waals surface area contributed by atoms with Crippen LogP contribution in [0, 0.1) is 0 Å². The van der Waals surface area contributed by atoms with Crippen LogP contribution < -0.4 is 5.73 Å². The number of aliphatic imine (C=N–C) groups is 1. The first-order valence-electron chi connectivity index (χ1n) is 5.01. The largest absolute Gasteiger partial charge is 0.385 e. The molecule has 1 saturated heterocycles. The van der Waals surface area contributed by atoms with Crippen molar-refractivity contribution in [2.24, 2.45) is 10.7 Å². The van der Waals surface area contributed by atoms with Gasteiger partial charge in [0.25, 0.3) is 0 Å². The second-order valence-electron chi connectivity index (χ2n) is 3.87. The number of carbonyl (C=O) groups is 1. The quantitative estimate of drug-likeness (QED) is 0.719. The van der Waals surface area contributed by atoms with Gasteiger partial charge in [0.05, 0.1) is 0 Å². The van der Waals surface area contributed by atoms with Gasteiger partial charge in [-0.3, -0.25) is 0 Å². The Morgan fingerprint density at radius 3 is 3.13 bits per heavy atom. The lowest BCUT2D eigenvalue weighted by atomic mass is 9.90. The molecule has 82 valence electrons. The molecule has 0 saturated carbocycles. The molecule has 2 heterocycles. The van der Waals surface area contributed by atoms with Gasteiger partial charge in [0.2, 0.25) is 0 Å². The molecule has 5 heteroatoms. The number of nitrogens with zero attached hydrogens (tertiary/aromatic N) is 2. The van der Waals surface area contributed by atoms with Gasteiger partial charge in [0, 0.05) is 11.8 Å². The van der Waals surface area contributed by atoms with Gasteiger partial charge >= 0.3 is 6.03 Å². The van der Waals surface area contributed by atoms with E-state index in [4.69, 9.17) is 5.73 Å². The summed E-state index contributed by atoms with van der Waals surface area (Å²) in [5.74, 6) is 1.50. The monoisotopic (exact) mass is 225 g/mol. The van der Waals surface area contributed by atoms with E-state index in [-0.39, 0.29) is 11.6 Å². The van der Waals surface area contributed by atoms with Gasteiger partial charge in [-0.15, -0.1) is 6.58 Å². The van der Waals surface area contributed by atoms with E-state index in [1.165, 1.54) is 0 Å². The highest BCUT2D eigenvalue weighted by Crippen LogP contribution is 2.43. The van der Waals surface area contributed by atoms with Gasteiger partial charge in [0.15, 0.2) is 0 Å². The zero-order valence-electron chi connectivity index (χ0n) is 8.77. The lowest BCUT2D eigenvalue weighted by molar-refractivity contribution is 0.181. The number of urea groups is 1. The molecule has 0 aromatic carbocycles. The van der Waals surface area contributed by atoms with Crippen LogP contribution >= 0.6 is 11.8 Å². The zero-order chi connectivity index (χ0) is 11.1. The van der Waals surface area contributed by atoms with E-state index in [1.807, 2.05) is 11.8 Å². The van der Waals surface area contributed by atoms with Gasteiger partial charge in [0.1, 0.15) is 11.4 Å². The highest BCUT2D eigenvalue weighted by molar-refractivity contribution is 8.00. The van der Waals surface area contributed by atoms with Crippen LogP contribution in [0.25, 0.3) is 0 Å². The Bertz CT molecular complexity index is 342. The fourth-order valence-electron chi connectivity index (χ4n) is 2.36. The molecule has 1 spiro atoms. The number of hydrogen-bond acceptors (Lipinski definition) is 3. The molecule has 4 nitrogen and oxygen atoms in total. The SMILES string of the molecule is C=CCN1C(=O)N=C(N)C12CCSC2C. The molecule has 0 aromatic heterocycles. The molecule has 15 heavy (non-hydrogen) atoms. The zero-order valence-corrected chi connectivity index (χ0v) is 9.59. The summed E-state index contributed by atoms with van der Waals surface area (Å²) in [6.45, 7) is 6.30. The van der Waals surface area contributed by atoms with Crippen molar-refractivity contribution in [2.45, 2.75) is 24.1 Å². The smallest absolute Gasteiger partial charge is 0.346 e. The first-order chi connectivity index (χ1) is 7.13. The van der Waals surface area contributed by atoms with Gasteiger partial charge in [-0.2, -0.15) is 16.8 Å². The first-order valence-corrected chi connectivity index (χ1v) is 6.06. The summed E-state index contributed by atoms with van der Waals surface area (Å²) in [5, 5.41) is 0.313. The molecule has 2 N–H and O–H groups in total. The maximum absolute atomic E-state index is 11.7. The van der Waals surface area contributed by atoms with Crippen molar-refractivity contribution in [1.29, 1.82) is 0 Å². The van der Waals surface area contributed by atoms with Crippen LogP contribution in [0.1, 0.15) is 13.3 Å². The summed E-state index contributed by atoms with van der Waals surface area (Å²) in [4.78, 5) is 17.3. The number of amides is 2. The average molecular weight is 225 g/mol. The fraction of sp³-hybridized carbons (Fsp3) is 0.600. The number of nitrogens with two attached hydrogens (primary N) is 1. The summed E-state index contributed by atoms with van der Waals surface area (Å²) in [6, 6.07) is -0.221. The normalized spacial score (nSPS) is 35.0. The highest BCUT2D eigenvalue weighted by atomic mass is 32.2. The van der Waals surface area contributed by atoms with Crippen molar-refractivity contribution in [3.63, 3.8) is 0 Å². The van der Waals surface area contributed by atoms with Gasteiger partial charge in [-0.1, -0.05) is 13.0 Å². The fourth-order valence-corrected chi connectivity index (χ4v) is 3.79. The second-order valence-corrected chi connectivity index (χ2v) is 5.31. The maximum Gasteiger partial charge on any atom is 0.346 e. The van der Waals surface area contributed by atoms with Crippen molar-refractivity contribution in [1.82, 2.24) is 4.90 Å². The molecule has 2 aliphatic heterocycles. The number of rotatable bonds is 2. The molecule has 2 amide bonds. The second kappa shape index (κ2) is 3.56. The number of thioether (sulfide) groups is 1. The van der Waals surface area contributed by atoms with Gasteiger partial charge in [-0.25, -0.2) is 4.79 Å². The Kier molecular flexibility index (Phi) is 2.50. The van der Waals surface area contributed by atoms with Crippen molar-refractivity contribution in [3.05, 3.63) is 12.7 Å². The van der Waals surface area contributed by atoms with Crippen LogP contribution in [0.3, 0.4) is 0 Å². The molecule has 2 unspecified atom stereocenters. The Labute approximate surface area is 93.6 Å². The van der Waals surface area contributed by atoms with Gasteiger partial charge < -0.3 is 10.6 Å². The third-order valence-electron chi connectivity index (χ3n) is 3.21. The van der Waals surface area contributed by atoms with E-state index in [9.17, 15) is 4.79 Å². The van der Waals surface area contributed by atoms with E-state index in [1.54, 1.807) is 11.0 Å². The lowest BCUT2D eigenvalue weighted by Crippen LogP contribution is -2.57. The first kappa shape index (κ1) is 10.5. The van der Waals surface area contributed by atoms with Crippen LogP contribution in [0.15, 0.2) is 17.6 Å². The van der Waals surface area contributed by atoms with Gasteiger partial charge in [-0.05, 0) is 12.2 Å². The Hall–Kier alpha value is -0.970. The maximum atomic E-state index is 11.7. The minimum Gasteiger partial charge on any atom is -0.385 e. The van der Waals surface area contributed by atoms with Crippen LogP contribution in [0.2, 0.25) is 0 Å². The van der Waals surface area contributed by atoms with Crippen molar-refractivity contribution in [3.8, 4) is 0 Å². The molecule has 0 aromatic rings. The van der Waals surface area contributed by atoms with Crippen LogP contribution in [-0.4, -0.2) is 39.9 Å². The topological polar surface area (TPSA) is 58.7 Å². The predicted octanol–water partition coefficient (Wildman–Crippen LogP) is 1.23. The average Bonchev–Trinajstić information content (AvgIpc) is 2.66.